The van der Waals surface area contributed by atoms with Gasteiger partial charge in [-0.15, -0.1) is 0 Å². The topological polar surface area (TPSA) is 80.5 Å². The van der Waals surface area contributed by atoms with E-state index in [9.17, 15) is 4.79 Å². The van der Waals surface area contributed by atoms with Crippen LogP contribution in [0.4, 0.5) is 5.69 Å². The number of aromatic nitrogens is 2. The first-order valence-corrected chi connectivity index (χ1v) is 8.70. The molecule has 3 rings (SSSR count). The van der Waals surface area contributed by atoms with E-state index >= 15 is 0 Å². The molecule has 0 spiro atoms. The Labute approximate surface area is 147 Å². The molecule has 0 unspecified atom stereocenters. The number of ether oxygens (including phenoxy) is 1. The summed E-state index contributed by atoms with van der Waals surface area (Å²) < 4.78 is 10.3. The van der Waals surface area contributed by atoms with Crippen molar-refractivity contribution >= 4 is 11.6 Å². The third kappa shape index (κ3) is 3.66. The van der Waals surface area contributed by atoms with Gasteiger partial charge in [0, 0.05) is 50.4 Å². The van der Waals surface area contributed by atoms with Crippen molar-refractivity contribution in [3.63, 3.8) is 0 Å². The SMILES string of the molecule is CCN(CC)c1ccc(C(=O)NC2(c3ncon3)CCOCC2)cc1. The van der Waals surface area contributed by atoms with Crippen molar-refractivity contribution < 1.29 is 14.1 Å². The average molecular weight is 344 g/mol. The van der Waals surface area contributed by atoms with Gasteiger partial charge in [-0.3, -0.25) is 4.79 Å². The molecule has 0 radical (unpaired) electrons. The molecule has 2 heterocycles. The molecule has 1 N–H and O–H groups in total. The van der Waals surface area contributed by atoms with Crippen molar-refractivity contribution in [2.24, 2.45) is 0 Å². The first kappa shape index (κ1) is 17.4. The number of benzene rings is 1. The minimum Gasteiger partial charge on any atom is -0.381 e. The smallest absolute Gasteiger partial charge is 0.252 e. The Kier molecular flexibility index (Phi) is 5.33. The summed E-state index contributed by atoms with van der Waals surface area (Å²) in [5.41, 5.74) is 1.09. The van der Waals surface area contributed by atoms with Crippen LogP contribution >= 0.6 is 0 Å². The fraction of sp³-hybridized carbons (Fsp3) is 0.500. The Bertz CT molecular complexity index is 675. The fourth-order valence-corrected chi connectivity index (χ4v) is 3.21. The highest BCUT2D eigenvalue weighted by Gasteiger charge is 2.40. The minimum absolute atomic E-state index is 0.141. The van der Waals surface area contributed by atoms with Crippen molar-refractivity contribution in [1.82, 2.24) is 15.5 Å². The molecule has 2 aromatic rings. The van der Waals surface area contributed by atoms with E-state index in [1.807, 2.05) is 24.3 Å². The standard InChI is InChI=1S/C18H24N4O3/c1-3-22(4-2)15-7-5-14(6-8-15)16(23)20-18(9-11-24-12-10-18)17-19-13-25-21-17/h5-8,13H,3-4,9-12H2,1-2H3,(H,20,23). The number of nitrogens with zero attached hydrogens (tertiary/aromatic N) is 3. The lowest BCUT2D eigenvalue weighted by Crippen LogP contribution is -2.50. The quantitative estimate of drug-likeness (QED) is 0.866. The third-order valence-corrected chi connectivity index (χ3v) is 4.75. The Morgan fingerprint density at radius 1 is 1.20 bits per heavy atom. The minimum atomic E-state index is -0.639. The predicted octanol–water partition coefficient (Wildman–Crippen LogP) is 2.35. The largest absolute Gasteiger partial charge is 0.381 e. The Morgan fingerprint density at radius 3 is 2.44 bits per heavy atom. The van der Waals surface area contributed by atoms with E-state index in [1.165, 1.54) is 6.39 Å². The van der Waals surface area contributed by atoms with Crippen LogP contribution in [0.25, 0.3) is 0 Å². The number of anilines is 1. The van der Waals surface area contributed by atoms with Gasteiger partial charge in [-0.1, -0.05) is 5.16 Å². The first-order chi connectivity index (χ1) is 12.2. The summed E-state index contributed by atoms with van der Waals surface area (Å²) in [6.07, 6.45) is 2.53. The van der Waals surface area contributed by atoms with Crippen molar-refractivity contribution in [2.75, 3.05) is 31.2 Å². The summed E-state index contributed by atoms with van der Waals surface area (Å²) in [5.74, 6) is 0.363. The van der Waals surface area contributed by atoms with Gasteiger partial charge in [-0.25, -0.2) is 0 Å². The van der Waals surface area contributed by atoms with E-state index in [1.54, 1.807) is 0 Å². The normalized spacial score (nSPS) is 16.4. The summed E-state index contributed by atoms with van der Waals surface area (Å²) in [5, 5.41) is 7.07. The van der Waals surface area contributed by atoms with Gasteiger partial charge in [0.15, 0.2) is 5.82 Å². The van der Waals surface area contributed by atoms with E-state index in [0.717, 1.165) is 18.8 Å². The maximum absolute atomic E-state index is 12.8. The van der Waals surface area contributed by atoms with Gasteiger partial charge in [0.05, 0.1) is 0 Å². The van der Waals surface area contributed by atoms with Crippen molar-refractivity contribution in [1.29, 1.82) is 0 Å². The molecule has 0 aliphatic carbocycles. The molecule has 1 aliphatic rings. The molecule has 1 fully saturated rings. The van der Waals surface area contributed by atoms with Gasteiger partial charge in [-0.2, -0.15) is 4.98 Å². The van der Waals surface area contributed by atoms with Crippen LogP contribution in [0.3, 0.4) is 0 Å². The highest BCUT2D eigenvalue weighted by atomic mass is 16.5. The molecule has 134 valence electrons. The molecule has 1 aromatic carbocycles. The molecule has 1 saturated heterocycles. The monoisotopic (exact) mass is 344 g/mol. The summed E-state index contributed by atoms with van der Waals surface area (Å²) >= 11 is 0. The lowest BCUT2D eigenvalue weighted by molar-refractivity contribution is 0.0306. The molecule has 0 saturated carbocycles. The van der Waals surface area contributed by atoms with Crippen LogP contribution < -0.4 is 10.2 Å². The molecular weight excluding hydrogens is 320 g/mol. The molecule has 25 heavy (non-hydrogen) atoms. The highest BCUT2D eigenvalue weighted by Crippen LogP contribution is 2.30. The number of hydrogen-bond donors (Lipinski definition) is 1. The van der Waals surface area contributed by atoms with Crippen LogP contribution in [-0.4, -0.2) is 42.4 Å². The van der Waals surface area contributed by atoms with Gasteiger partial charge in [0.25, 0.3) is 5.91 Å². The van der Waals surface area contributed by atoms with Crippen LogP contribution in [-0.2, 0) is 10.3 Å². The van der Waals surface area contributed by atoms with E-state index in [2.05, 4.69) is 34.2 Å². The van der Waals surface area contributed by atoms with Crippen LogP contribution in [0, 0.1) is 0 Å². The second kappa shape index (κ2) is 7.65. The van der Waals surface area contributed by atoms with Crippen molar-refractivity contribution in [2.45, 2.75) is 32.2 Å². The number of carbonyl (C=O) groups excluding carboxylic acids is 1. The van der Waals surface area contributed by atoms with Gasteiger partial charge in [-0.05, 0) is 38.1 Å². The van der Waals surface area contributed by atoms with E-state index in [4.69, 9.17) is 9.26 Å². The van der Waals surface area contributed by atoms with Crippen molar-refractivity contribution in [3.8, 4) is 0 Å². The zero-order chi connectivity index (χ0) is 17.7. The molecular formula is C18H24N4O3. The summed E-state index contributed by atoms with van der Waals surface area (Å²) in [7, 11) is 0. The molecule has 1 amide bonds. The Hall–Kier alpha value is -2.41. The zero-order valence-electron chi connectivity index (χ0n) is 14.7. The van der Waals surface area contributed by atoms with Crippen LogP contribution in [0.1, 0.15) is 42.9 Å². The molecule has 7 heteroatoms. The maximum Gasteiger partial charge on any atom is 0.252 e. The Balaban J connectivity index is 1.78. The number of nitrogens with one attached hydrogen (secondary N) is 1. The van der Waals surface area contributed by atoms with Crippen LogP contribution in [0.15, 0.2) is 35.2 Å². The summed E-state index contributed by atoms with van der Waals surface area (Å²) in [6, 6.07) is 7.66. The zero-order valence-corrected chi connectivity index (χ0v) is 14.7. The molecule has 1 aliphatic heterocycles. The average Bonchev–Trinajstić information content (AvgIpc) is 3.19. The Morgan fingerprint density at radius 2 is 1.88 bits per heavy atom. The van der Waals surface area contributed by atoms with Crippen LogP contribution in [0.2, 0.25) is 0 Å². The molecule has 1 aromatic heterocycles. The van der Waals surface area contributed by atoms with Gasteiger partial charge in [0.2, 0.25) is 6.39 Å². The lowest BCUT2D eigenvalue weighted by Gasteiger charge is -2.35. The number of amides is 1. The van der Waals surface area contributed by atoms with Gasteiger partial charge in [0.1, 0.15) is 5.54 Å². The fourth-order valence-electron chi connectivity index (χ4n) is 3.21. The van der Waals surface area contributed by atoms with Crippen molar-refractivity contribution in [3.05, 3.63) is 42.0 Å². The first-order valence-electron chi connectivity index (χ1n) is 8.70. The number of rotatable bonds is 6. The molecule has 0 bridgehead atoms. The summed E-state index contributed by atoms with van der Waals surface area (Å²) in [4.78, 5) is 19.2. The lowest BCUT2D eigenvalue weighted by atomic mass is 9.88. The third-order valence-electron chi connectivity index (χ3n) is 4.75. The molecule has 7 nitrogen and oxygen atoms in total. The maximum atomic E-state index is 12.8. The second-order valence-corrected chi connectivity index (χ2v) is 6.12. The van der Waals surface area contributed by atoms with E-state index < -0.39 is 5.54 Å². The van der Waals surface area contributed by atoms with E-state index in [-0.39, 0.29) is 5.91 Å². The summed E-state index contributed by atoms with van der Waals surface area (Å²) in [6.45, 7) is 7.20. The highest BCUT2D eigenvalue weighted by molar-refractivity contribution is 5.95. The van der Waals surface area contributed by atoms with E-state index in [0.29, 0.717) is 37.4 Å². The van der Waals surface area contributed by atoms with Gasteiger partial charge < -0.3 is 19.5 Å². The van der Waals surface area contributed by atoms with Gasteiger partial charge >= 0.3 is 0 Å². The predicted molar refractivity (Wildman–Crippen MR) is 93.5 cm³/mol. The number of carbonyl (C=O) groups is 1. The second-order valence-electron chi connectivity index (χ2n) is 6.12. The molecule has 0 atom stereocenters. The number of hydrogen-bond acceptors (Lipinski definition) is 6. The van der Waals surface area contributed by atoms with Crippen LogP contribution in [0.5, 0.6) is 0 Å².